The number of hydrogen-bond acceptors (Lipinski definition) is 3. The highest BCUT2D eigenvalue weighted by atomic mass is 35.5. The van der Waals surface area contributed by atoms with E-state index in [0.29, 0.717) is 22.2 Å². The van der Waals surface area contributed by atoms with Crippen molar-refractivity contribution < 1.29 is 4.79 Å². The van der Waals surface area contributed by atoms with E-state index in [0.717, 1.165) is 17.0 Å². The lowest BCUT2D eigenvalue weighted by Gasteiger charge is -2.04. The van der Waals surface area contributed by atoms with Crippen LogP contribution in [0.3, 0.4) is 0 Å². The van der Waals surface area contributed by atoms with Crippen molar-refractivity contribution in [2.45, 2.75) is 6.54 Å². The van der Waals surface area contributed by atoms with Crippen LogP contribution in [0.25, 0.3) is 11.3 Å². The zero-order chi connectivity index (χ0) is 17.1. The predicted molar refractivity (Wildman–Crippen MR) is 94.1 cm³/mol. The predicted octanol–water partition coefficient (Wildman–Crippen LogP) is 3.72. The van der Waals surface area contributed by atoms with Crippen LogP contribution in [0.2, 0.25) is 10.0 Å². The third kappa shape index (κ3) is 3.58. The normalized spacial score (nSPS) is 10.6. The summed E-state index contributed by atoms with van der Waals surface area (Å²) < 4.78 is 1.77. The number of aromatic nitrogens is 3. The second kappa shape index (κ2) is 7.03. The van der Waals surface area contributed by atoms with E-state index < -0.39 is 0 Å². The van der Waals surface area contributed by atoms with Gasteiger partial charge in [0.1, 0.15) is 0 Å². The summed E-state index contributed by atoms with van der Waals surface area (Å²) in [5.41, 5.74) is 3.19. The fourth-order valence-electron chi connectivity index (χ4n) is 2.32. The molecule has 2 heterocycles. The van der Waals surface area contributed by atoms with Crippen LogP contribution >= 0.6 is 23.2 Å². The van der Waals surface area contributed by atoms with E-state index in [1.165, 1.54) is 0 Å². The van der Waals surface area contributed by atoms with Gasteiger partial charge in [0.2, 0.25) is 0 Å². The van der Waals surface area contributed by atoms with E-state index in [2.05, 4.69) is 15.4 Å². The Kier molecular flexibility index (Phi) is 4.83. The van der Waals surface area contributed by atoms with Crippen molar-refractivity contribution in [1.82, 2.24) is 20.1 Å². The third-order valence-corrected chi connectivity index (χ3v) is 4.26. The number of carbonyl (C=O) groups excluding carboxylic acids is 1. The van der Waals surface area contributed by atoms with Crippen molar-refractivity contribution in [2.75, 3.05) is 0 Å². The molecule has 1 aromatic carbocycles. The number of carbonyl (C=O) groups is 1. The Hall–Kier alpha value is -2.37. The van der Waals surface area contributed by atoms with Crippen LogP contribution < -0.4 is 5.32 Å². The first-order chi connectivity index (χ1) is 11.5. The van der Waals surface area contributed by atoms with Crippen LogP contribution in [0.1, 0.15) is 16.1 Å². The molecule has 3 aromatic rings. The lowest BCUT2D eigenvalue weighted by Crippen LogP contribution is -2.23. The Labute approximate surface area is 149 Å². The number of nitrogens with zero attached hydrogens (tertiary/aromatic N) is 3. The molecule has 0 aliphatic heterocycles. The highest BCUT2D eigenvalue weighted by molar-refractivity contribution is 6.42. The van der Waals surface area contributed by atoms with Gasteiger partial charge in [0.15, 0.2) is 0 Å². The van der Waals surface area contributed by atoms with E-state index in [1.54, 1.807) is 35.3 Å². The minimum absolute atomic E-state index is 0.232. The van der Waals surface area contributed by atoms with Crippen molar-refractivity contribution in [3.63, 3.8) is 0 Å². The largest absolute Gasteiger partial charge is 0.346 e. The van der Waals surface area contributed by atoms with E-state index in [-0.39, 0.29) is 5.91 Å². The van der Waals surface area contributed by atoms with Crippen molar-refractivity contribution in [2.24, 2.45) is 7.05 Å². The average molecular weight is 361 g/mol. The van der Waals surface area contributed by atoms with Gasteiger partial charge in [-0.25, -0.2) is 0 Å². The van der Waals surface area contributed by atoms with Gasteiger partial charge in [-0.2, -0.15) is 5.10 Å². The van der Waals surface area contributed by atoms with Crippen LogP contribution in [0.4, 0.5) is 0 Å². The highest BCUT2D eigenvalue weighted by Gasteiger charge is 2.11. The lowest BCUT2D eigenvalue weighted by atomic mass is 10.2. The summed E-state index contributed by atoms with van der Waals surface area (Å²) in [4.78, 5) is 16.2. The number of hydrogen-bond donors (Lipinski definition) is 1. The maximum atomic E-state index is 12.2. The number of benzene rings is 1. The quantitative estimate of drug-likeness (QED) is 0.771. The molecule has 122 valence electrons. The summed E-state index contributed by atoms with van der Waals surface area (Å²) in [6.45, 7) is 0.317. The van der Waals surface area contributed by atoms with Crippen molar-refractivity contribution in [3.8, 4) is 11.3 Å². The molecule has 0 saturated heterocycles. The van der Waals surface area contributed by atoms with Crippen molar-refractivity contribution in [3.05, 3.63) is 70.1 Å². The highest BCUT2D eigenvalue weighted by Crippen LogP contribution is 2.22. The zero-order valence-corrected chi connectivity index (χ0v) is 14.3. The molecule has 0 bridgehead atoms. The van der Waals surface area contributed by atoms with Crippen LogP contribution in [0.15, 0.2) is 48.8 Å². The number of pyridine rings is 1. The summed E-state index contributed by atoms with van der Waals surface area (Å²) in [7, 11) is 1.86. The lowest BCUT2D eigenvalue weighted by molar-refractivity contribution is 0.0950. The maximum absolute atomic E-state index is 12.2. The van der Waals surface area contributed by atoms with Gasteiger partial charge in [0.25, 0.3) is 5.91 Å². The monoisotopic (exact) mass is 360 g/mol. The van der Waals surface area contributed by atoms with E-state index in [9.17, 15) is 4.79 Å². The molecule has 1 N–H and O–H groups in total. The van der Waals surface area contributed by atoms with Gasteiger partial charge in [-0.1, -0.05) is 23.2 Å². The van der Waals surface area contributed by atoms with Crippen LogP contribution in [-0.4, -0.2) is 20.7 Å². The molecule has 0 saturated carbocycles. The van der Waals surface area contributed by atoms with E-state index in [1.807, 2.05) is 25.2 Å². The molecular weight excluding hydrogens is 347 g/mol. The summed E-state index contributed by atoms with van der Waals surface area (Å²) >= 11 is 11.8. The Balaban J connectivity index is 1.71. The first-order valence-corrected chi connectivity index (χ1v) is 7.97. The Bertz CT molecular complexity index is 878. The smallest absolute Gasteiger partial charge is 0.251 e. The van der Waals surface area contributed by atoms with Gasteiger partial charge < -0.3 is 5.32 Å². The minimum Gasteiger partial charge on any atom is -0.346 e. The topological polar surface area (TPSA) is 59.8 Å². The number of nitrogens with one attached hydrogen (secondary N) is 1. The second-order valence-electron chi connectivity index (χ2n) is 5.19. The minimum atomic E-state index is -0.232. The number of amides is 1. The molecule has 5 nitrogen and oxygen atoms in total. The molecule has 0 unspecified atom stereocenters. The second-order valence-corrected chi connectivity index (χ2v) is 6.01. The summed E-state index contributed by atoms with van der Waals surface area (Å²) in [5.74, 6) is -0.232. The molecule has 0 atom stereocenters. The Morgan fingerprint density at radius 1 is 1.12 bits per heavy atom. The fourth-order valence-corrected chi connectivity index (χ4v) is 2.61. The first-order valence-electron chi connectivity index (χ1n) is 7.21. The Morgan fingerprint density at radius 3 is 2.58 bits per heavy atom. The molecule has 1 amide bonds. The van der Waals surface area contributed by atoms with Gasteiger partial charge in [0, 0.05) is 30.6 Å². The molecule has 0 spiro atoms. The van der Waals surface area contributed by atoms with Gasteiger partial charge in [-0.3, -0.25) is 14.5 Å². The standard InChI is InChI=1S/C17H14Cl2N4O/c1-23-16(11-4-6-20-7-5-11)9-13(22-23)10-21-17(24)12-2-3-14(18)15(19)8-12/h2-9H,10H2,1H3,(H,21,24). The summed E-state index contributed by atoms with van der Waals surface area (Å²) in [5, 5.41) is 8.01. The zero-order valence-electron chi connectivity index (χ0n) is 12.8. The van der Waals surface area contributed by atoms with Crippen molar-refractivity contribution in [1.29, 1.82) is 0 Å². The average Bonchev–Trinajstić information content (AvgIpc) is 2.97. The molecule has 0 aliphatic carbocycles. The molecule has 0 aliphatic rings. The fraction of sp³-hybridized carbons (Fsp3) is 0.118. The van der Waals surface area contributed by atoms with Gasteiger partial charge in [-0.15, -0.1) is 0 Å². The molecule has 3 rings (SSSR count). The number of aryl methyl sites for hydroxylation is 1. The first kappa shape index (κ1) is 16.5. The third-order valence-electron chi connectivity index (χ3n) is 3.52. The van der Waals surface area contributed by atoms with Gasteiger partial charge >= 0.3 is 0 Å². The molecule has 7 heteroatoms. The maximum Gasteiger partial charge on any atom is 0.251 e. The van der Waals surface area contributed by atoms with E-state index in [4.69, 9.17) is 23.2 Å². The molecule has 0 radical (unpaired) electrons. The molecular formula is C17H14Cl2N4O. The van der Waals surface area contributed by atoms with E-state index >= 15 is 0 Å². The summed E-state index contributed by atoms with van der Waals surface area (Å²) in [6, 6.07) is 10.5. The van der Waals surface area contributed by atoms with Crippen LogP contribution in [0.5, 0.6) is 0 Å². The van der Waals surface area contributed by atoms with Crippen molar-refractivity contribution >= 4 is 29.1 Å². The SMILES string of the molecule is Cn1nc(CNC(=O)c2ccc(Cl)c(Cl)c2)cc1-c1ccncc1. The van der Waals surface area contributed by atoms with Gasteiger partial charge in [-0.05, 0) is 36.4 Å². The van der Waals surface area contributed by atoms with Crippen LogP contribution in [-0.2, 0) is 13.6 Å². The number of halogens is 2. The molecule has 24 heavy (non-hydrogen) atoms. The molecule has 2 aromatic heterocycles. The molecule has 0 fully saturated rings. The Morgan fingerprint density at radius 2 is 1.88 bits per heavy atom. The summed E-state index contributed by atoms with van der Waals surface area (Å²) in [6.07, 6.45) is 3.46. The van der Waals surface area contributed by atoms with Gasteiger partial charge in [0.05, 0.1) is 28.0 Å². The van der Waals surface area contributed by atoms with Crippen LogP contribution in [0, 0.1) is 0 Å². The number of rotatable bonds is 4.